The lowest BCUT2D eigenvalue weighted by atomic mass is 9.92. The summed E-state index contributed by atoms with van der Waals surface area (Å²) in [6.45, 7) is 4.34. The Kier molecular flexibility index (Phi) is 8.56. The van der Waals surface area contributed by atoms with Crippen molar-refractivity contribution in [3.63, 3.8) is 0 Å². The highest BCUT2D eigenvalue weighted by Crippen LogP contribution is 2.25. The van der Waals surface area contributed by atoms with Gasteiger partial charge in [-0.25, -0.2) is 0 Å². The quantitative estimate of drug-likeness (QED) is 0.629. The zero-order valence-electron chi connectivity index (χ0n) is 14.7. The van der Waals surface area contributed by atoms with Crippen LogP contribution >= 0.6 is 35.3 Å². The van der Waals surface area contributed by atoms with Gasteiger partial charge in [-0.05, 0) is 42.5 Å². The molecule has 5 nitrogen and oxygen atoms in total. The molecule has 0 aliphatic carbocycles. The fraction of sp³-hybridized carbons (Fsp3) is 0.333. The molecular weight excluding hydrogens is 393 g/mol. The topological polar surface area (TPSA) is 84.2 Å². The molecule has 0 unspecified atom stereocenters. The molecule has 0 bridgehead atoms. The molecule has 0 saturated heterocycles. The van der Waals surface area contributed by atoms with Crippen molar-refractivity contribution in [1.29, 1.82) is 0 Å². The Labute approximate surface area is 168 Å². The van der Waals surface area contributed by atoms with Gasteiger partial charge in [0.1, 0.15) is 0 Å². The zero-order chi connectivity index (χ0) is 18.4. The molecule has 2 aromatic rings. The van der Waals surface area contributed by atoms with Crippen LogP contribution in [0.1, 0.15) is 46.7 Å². The van der Waals surface area contributed by atoms with Gasteiger partial charge >= 0.3 is 0 Å². The molecular formula is C18H23Cl2N3O2S. The van der Waals surface area contributed by atoms with Crippen LogP contribution in [0.2, 0.25) is 5.02 Å². The maximum Gasteiger partial charge on any atom is 0.265 e. The number of thiophene rings is 1. The molecule has 142 valence electrons. The van der Waals surface area contributed by atoms with Crippen molar-refractivity contribution in [3.05, 3.63) is 51.2 Å². The van der Waals surface area contributed by atoms with Crippen LogP contribution in [0, 0.1) is 0 Å². The number of nitrogens with one attached hydrogen (secondary N) is 2. The van der Waals surface area contributed by atoms with Crippen molar-refractivity contribution >= 4 is 52.8 Å². The summed E-state index contributed by atoms with van der Waals surface area (Å²) < 4.78 is 0. The SMILES string of the molecule is CCC(CC)(CN)NC(=O)c1ccc(Cl)c(NC(=O)c2cccs2)c1.Cl. The van der Waals surface area contributed by atoms with Crippen molar-refractivity contribution < 1.29 is 9.59 Å². The Morgan fingerprint density at radius 2 is 1.88 bits per heavy atom. The van der Waals surface area contributed by atoms with Crippen molar-refractivity contribution in [3.8, 4) is 0 Å². The van der Waals surface area contributed by atoms with Gasteiger partial charge in [0.15, 0.2) is 0 Å². The highest BCUT2D eigenvalue weighted by atomic mass is 35.5. The summed E-state index contributed by atoms with van der Waals surface area (Å²) in [6.07, 6.45) is 1.47. The third-order valence-corrected chi connectivity index (χ3v) is 5.54. The smallest absolute Gasteiger partial charge is 0.265 e. The van der Waals surface area contributed by atoms with Gasteiger partial charge in [-0.3, -0.25) is 9.59 Å². The zero-order valence-corrected chi connectivity index (χ0v) is 17.1. The molecule has 0 aliphatic rings. The average Bonchev–Trinajstić information content (AvgIpc) is 3.16. The lowest BCUT2D eigenvalue weighted by Gasteiger charge is -2.31. The lowest BCUT2D eigenvalue weighted by Crippen LogP contribution is -2.52. The van der Waals surface area contributed by atoms with E-state index in [1.165, 1.54) is 11.3 Å². The van der Waals surface area contributed by atoms with E-state index in [0.29, 0.717) is 27.7 Å². The molecule has 1 aromatic heterocycles. The van der Waals surface area contributed by atoms with Crippen molar-refractivity contribution in [2.45, 2.75) is 32.2 Å². The van der Waals surface area contributed by atoms with Crippen molar-refractivity contribution in [2.24, 2.45) is 5.73 Å². The number of nitrogens with two attached hydrogens (primary N) is 1. The summed E-state index contributed by atoms with van der Waals surface area (Å²) in [5.41, 5.74) is 6.23. The highest BCUT2D eigenvalue weighted by Gasteiger charge is 2.27. The number of halogens is 2. The van der Waals surface area contributed by atoms with E-state index in [-0.39, 0.29) is 24.2 Å². The van der Waals surface area contributed by atoms with Crippen LogP contribution < -0.4 is 16.4 Å². The summed E-state index contributed by atoms with van der Waals surface area (Å²) in [7, 11) is 0. The summed E-state index contributed by atoms with van der Waals surface area (Å²) in [4.78, 5) is 25.4. The highest BCUT2D eigenvalue weighted by molar-refractivity contribution is 7.12. The number of hydrogen-bond donors (Lipinski definition) is 3. The number of anilines is 1. The molecule has 0 saturated carbocycles. The van der Waals surface area contributed by atoms with Crippen LogP contribution in [0.15, 0.2) is 35.7 Å². The fourth-order valence-electron chi connectivity index (χ4n) is 2.43. The van der Waals surface area contributed by atoms with E-state index >= 15 is 0 Å². The first kappa shape index (κ1) is 22.4. The van der Waals surface area contributed by atoms with E-state index < -0.39 is 5.54 Å². The first-order valence-electron chi connectivity index (χ1n) is 8.11. The minimum Gasteiger partial charge on any atom is -0.345 e. The summed E-state index contributed by atoms with van der Waals surface area (Å²) in [5.74, 6) is -0.495. The van der Waals surface area contributed by atoms with Gasteiger partial charge in [0.05, 0.1) is 21.1 Å². The van der Waals surface area contributed by atoms with Crippen LogP contribution in [0.3, 0.4) is 0 Å². The Morgan fingerprint density at radius 1 is 1.19 bits per heavy atom. The van der Waals surface area contributed by atoms with Crippen molar-refractivity contribution in [1.82, 2.24) is 5.32 Å². The molecule has 1 aromatic carbocycles. The van der Waals surface area contributed by atoms with E-state index in [2.05, 4.69) is 10.6 Å². The molecule has 0 fully saturated rings. The average molecular weight is 416 g/mol. The number of hydrogen-bond acceptors (Lipinski definition) is 4. The van der Waals surface area contributed by atoms with Gasteiger partial charge in [-0.15, -0.1) is 23.7 Å². The second-order valence-electron chi connectivity index (χ2n) is 5.77. The largest absolute Gasteiger partial charge is 0.345 e. The maximum absolute atomic E-state index is 12.6. The van der Waals surface area contributed by atoms with E-state index in [0.717, 1.165) is 12.8 Å². The van der Waals surface area contributed by atoms with Crippen LogP contribution in [0.25, 0.3) is 0 Å². The number of benzene rings is 1. The molecule has 4 N–H and O–H groups in total. The summed E-state index contributed by atoms with van der Waals surface area (Å²) in [6, 6.07) is 8.33. The van der Waals surface area contributed by atoms with E-state index in [9.17, 15) is 9.59 Å². The third-order valence-electron chi connectivity index (χ3n) is 4.34. The molecule has 26 heavy (non-hydrogen) atoms. The first-order chi connectivity index (χ1) is 11.9. The Hall–Kier alpha value is -1.60. The van der Waals surface area contributed by atoms with Gasteiger partial charge in [0.2, 0.25) is 0 Å². The predicted octanol–water partition coefficient (Wildman–Crippen LogP) is 4.32. The number of carbonyl (C=O) groups excluding carboxylic acids is 2. The van der Waals surface area contributed by atoms with Crippen LogP contribution in [0.4, 0.5) is 5.69 Å². The number of rotatable bonds is 7. The Balaban J connectivity index is 0.00000338. The molecule has 8 heteroatoms. The molecule has 2 rings (SSSR count). The molecule has 2 amide bonds. The third kappa shape index (κ3) is 5.20. The normalized spacial score (nSPS) is 10.8. The second-order valence-corrected chi connectivity index (χ2v) is 7.13. The van der Waals surface area contributed by atoms with Crippen LogP contribution in [-0.4, -0.2) is 23.9 Å². The summed E-state index contributed by atoms with van der Waals surface area (Å²) in [5, 5.41) is 7.95. The van der Waals surface area contributed by atoms with E-state index in [1.807, 2.05) is 19.2 Å². The molecule has 0 radical (unpaired) electrons. The van der Waals surface area contributed by atoms with Crippen molar-refractivity contribution in [2.75, 3.05) is 11.9 Å². The standard InChI is InChI=1S/C18H22ClN3O2S.ClH/c1-3-18(4-2,11-20)22-16(23)12-7-8-13(19)14(10-12)21-17(24)15-6-5-9-25-15;/h5-10H,3-4,11,20H2,1-2H3,(H,21,24)(H,22,23);1H. The lowest BCUT2D eigenvalue weighted by molar-refractivity contribution is 0.0894. The van der Waals surface area contributed by atoms with Gasteiger partial charge in [-0.1, -0.05) is 31.5 Å². The minimum absolute atomic E-state index is 0. The second kappa shape index (κ2) is 9.92. The molecule has 0 aliphatic heterocycles. The molecule has 1 heterocycles. The number of amides is 2. The monoisotopic (exact) mass is 415 g/mol. The Morgan fingerprint density at radius 3 is 2.42 bits per heavy atom. The first-order valence-corrected chi connectivity index (χ1v) is 9.37. The van der Waals surface area contributed by atoms with E-state index in [4.69, 9.17) is 17.3 Å². The fourth-order valence-corrected chi connectivity index (χ4v) is 3.22. The van der Waals surface area contributed by atoms with E-state index in [1.54, 1.807) is 30.3 Å². The minimum atomic E-state index is -0.433. The maximum atomic E-state index is 12.6. The van der Waals surface area contributed by atoms with Gasteiger partial charge < -0.3 is 16.4 Å². The molecule has 0 spiro atoms. The predicted molar refractivity (Wildman–Crippen MR) is 111 cm³/mol. The van der Waals surface area contributed by atoms with Gasteiger partial charge in [-0.2, -0.15) is 0 Å². The molecule has 0 atom stereocenters. The Bertz CT molecular complexity index is 739. The van der Waals surface area contributed by atoms with Gasteiger partial charge in [0, 0.05) is 12.1 Å². The van der Waals surface area contributed by atoms with Gasteiger partial charge in [0.25, 0.3) is 11.8 Å². The number of carbonyl (C=O) groups is 2. The van der Waals surface area contributed by atoms with Crippen LogP contribution in [-0.2, 0) is 0 Å². The summed E-state index contributed by atoms with van der Waals surface area (Å²) >= 11 is 7.49. The van der Waals surface area contributed by atoms with Crippen LogP contribution in [0.5, 0.6) is 0 Å².